The molecule has 8 nitrogen and oxygen atoms in total. The highest BCUT2D eigenvalue weighted by Gasteiger charge is 2.45. The summed E-state index contributed by atoms with van der Waals surface area (Å²) in [5.41, 5.74) is 0.292. The number of hydrogen-bond donors (Lipinski definition) is 1. The van der Waals surface area contributed by atoms with Crippen LogP contribution in [0.2, 0.25) is 0 Å². The molecule has 10 heteroatoms. The number of fused-ring (bicyclic) bond motifs is 1. The number of piperidine rings is 1. The number of amides is 4. The van der Waals surface area contributed by atoms with Gasteiger partial charge in [-0.15, -0.1) is 0 Å². The van der Waals surface area contributed by atoms with Gasteiger partial charge in [0.15, 0.2) is 0 Å². The summed E-state index contributed by atoms with van der Waals surface area (Å²) in [6, 6.07) is 3.43. The molecule has 4 rings (SSSR count). The van der Waals surface area contributed by atoms with Crippen molar-refractivity contribution in [3.8, 4) is 5.75 Å². The second-order valence-corrected chi connectivity index (χ2v) is 8.01. The van der Waals surface area contributed by atoms with E-state index in [4.69, 9.17) is 9.47 Å². The fourth-order valence-electron chi connectivity index (χ4n) is 3.81. The first-order valence-corrected chi connectivity index (χ1v) is 10.2. The molecule has 0 aromatic heterocycles. The highest BCUT2D eigenvalue weighted by Crippen LogP contribution is 2.34. The van der Waals surface area contributed by atoms with Crippen molar-refractivity contribution in [3.05, 3.63) is 29.3 Å². The van der Waals surface area contributed by atoms with Crippen molar-refractivity contribution in [3.63, 3.8) is 0 Å². The zero-order chi connectivity index (χ0) is 22.3. The lowest BCUT2D eigenvalue weighted by molar-refractivity contribution is -0.136. The minimum atomic E-state index is -2.84. The van der Waals surface area contributed by atoms with Gasteiger partial charge in [-0.2, -0.15) is 0 Å². The summed E-state index contributed by atoms with van der Waals surface area (Å²) in [7, 11) is 0. The normalized spacial score (nSPS) is 25.9. The van der Waals surface area contributed by atoms with E-state index in [2.05, 4.69) is 5.32 Å². The Balaban J connectivity index is 1.37. The Morgan fingerprint density at radius 1 is 1.10 bits per heavy atom. The summed E-state index contributed by atoms with van der Waals surface area (Å²) >= 11 is 0. The van der Waals surface area contributed by atoms with Gasteiger partial charge in [-0.25, -0.2) is 8.78 Å². The smallest absolute Gasteiger partial charge is 0.270 e. The molecule has 1 unspecified atom stereocenters. The molecule has 1 N–H and O–H groups in total. The van der Waals surface area contributed by atoms with Gasteiger partial charge in [0.1, 0.15) is 24.5 Å². The van der Waals surface area contributed by atoms with Crippen LogP contribution in [0.15, 0.2) is 18.2 Å². The molecule has 0 radical (unpaired) electrons. The maximum Gasteiger partial charge on any atom is 0.270 e. The first-order chi connectivity index (χ1) is 14.7. The second-order valence-electron chi connectivity index (χ2n) is 8.01. The van der Waals surface area contributed by atoms with E-state index in [1.807, 2.05) is 0 Å². The summed E-state index contributed by atoms with van der Waals surface area (Å²) in [5, 5.41) is 2.15. The Bertz CT molecular complexity index is 944. The third kappa shape index (κ3) is 4.16. The lowest BCUT2D eigenvalue weighted by Gasteiger charge is -2.35. The molecule has 1 aromatic rings. The van der Waals surface area contributed by atoms with Crippen LogP contribution in [0.25, 0.3) is 0 Å². The highest BCUT2D eigenvalue weighted by molar-refractivity contribution is 6.23. The Labute approximate surface area is 176 Å². The molecule has 1 atom stereocenters. The molecule has 1 saturated carbocycles. The van der Waals surface area contributed by atoms with E-state index >= 15 is 0 Å². The number of halogens is 2. The molecular formula is C21H22F2N2O6. The largest absolute Gasteiger partial charge is 0.490 e. The topological polar surface area (TPSA) is 102 Å². The van der Waals surface area contributed by atoms with E-state index in [1.54, 1.807) is 6.07 Å². The SMILES string of the molecule is CCC(F)(F)CO[C@H]1C[C@H](Oc2ccc3c(c2)C(=O)N(C2CCC(=O)NC2=O)C3=O)C1. The van der Waals surface area contributed by atoms with Crippen LogP contribution in [0.4, 0.5) is 8.78 Å². The van der Waals surface area contributed by atoms with Gasteiger partial charge >= 0.3 is 0 Å². The molecule has 4 amide bonds. The van der Waals surface area contributed by atoms with Gasteiger partial charge in [0, 0.05) is 25.7 Å². The van der Waals surface area contributed by atoms with Gasteiger partial charge in [-0.1, -0.05) is 6.92 Å². The van der Waals surface area contributed by atoms with E-state index in [0.29, 0.717) is 18.6 Å². The third-order valence-electron chi connectivity index (χ3n) is 5.81. The quantitative estimate of drug-likeness (QED) is 0.657. The molecule has 0 spiro atoms. The molecule has 166 valence electrons. The molecule has 1 aliphatic carbocycles. The maximum absolute atomic E-state index is 13.3. The van der Waals surface area contributed by atoms with E-state index in [0.717, 1.165) is 4.90 Å². The number of ether oxygens (including phenoxy) is 2. The van der Waals surface area contributed by atoms with E-state index in [1.165, 1.54) is 19.1 Å². The minimum absolute atomic E-state index is 0.0489. The van der Waals surface area contributed by atoms with Crippen molar-refractivity contribution >= 4 is 23.6 Å². The van der Waals surface area contributed by atoms with Crippen molar-refractivity contribution in [2.75, 3.05) is 6.61 Å². The number of imide groups is 2. The van der Waals surface area contributed by atoms with Gasteiger partial charge in [-0.3, -0.25) is 29.4 Å². The Kier molecular flexibility index (Phi) is 5.50. The van der Waals surface area contributed by atoms with Crippen LogP contribution in [0.3, 0.4) is 0 Å². The number of nitrogens with one attached hydrogen (secondary N) is 1. The number of nitrogens with zero attached hydrogens (tertiary/aromatic N) is 1. The third-order valence-corrected chi connectivity index (χ3v) is 5.81. The first kappa shape index (κ1) is 21.4. The van der Waals surface area contributed by atoms with Crippen molar-refractivity contribution in [1.82, 2.24) is 10.2 Å². The lowest BCUT2D eigenvalue weighted by Crippen LogP contribution is -2.54. The molecule has 31 heavy (non-hydrogen) atoms. The van der Waals surface area contributed by atoms with Gasteiger partial charge in [0.25, 0.3) is 17.7 Å². The van der Waals surface area contributed by atoms with Crippen LogP contribution in [-0.4, -0.2) is 59.3 Å². The molecule has 2 fully saturated rings. The standard InChI is InChI=1S/C21H22F2N2O6/c1-2-21(22,23)10-30-12-7-13(8-12)31-11-3-4-14-15(9-11)20(29)25(19(14)28)16-5-6-17(26)24-18(16)27/h3-4,9,12-13,16H,2,5-8,10H2,1H3,(H,24,26,27)/t12-,13-,16?. The molecule has 0 bridgehead atoms. The predicted octanol–water partition coefficient (Wildman–Crippen LogP) is 2.06. The van der Waals surface area contributed by atoms with Gasteiger partial charge in [0.05, 0.1) is 17.2 Å². The number of carbonyl (C=O) groups excluding carboxylic acids is 4. The predicted molar refractivity (Wildman–Crippen MR) is 102 cm³/mol. The fraction of sp³-hybridized carbons (Fsp3) is 0.524. The number of benzene rings is 1. The average molecular weight is 436 g/mol. The first-order valence-electron chi connectivity index (χ1n) is 10.2. The zero-order valence-corrected chi connectivity index (χ0v) is 16.9. The van der Waals surface area contributed by atoms with Crippen molar-refractivity contribution < 1.29 is 37.4 Å². The zero-order valence-electron chi connectivity index (χ0n) is 16.9. The second kappa shape index (κ2) is 7.99. The van der Waals surface area contributed by atoms with Crippen LogP contribution in [0.1, 0.15) is 59.7 Å². The molecule has 1 saturated heterocycles. The van der Waals surface area contributed by atoms with E-state index in [-0.39, 0.29) is 42.6 Å². The summed E-state index contributed by atoms with van der Waals surface area (Å²) in [6.45, 7) is 0.782. The lowest BCUT2D eigenvalue weighted by atomic mass is 9.92. The van der Waals surface area contributed by atoms with Gasteiger partial charge < -0.3 is 9.47 Å². The highest BCUT2D eigenvalue weighted by atomic mass is 19.3. The summed E-state index contributed by atoms with van der Waals surface area (Å²) in [6.07, 6.45) is 0.211. The number of carbonyl (C=O) groups is 4. The van der Waals surface area contributed by atoms with Crippen LogP contribution in [0, 0.1) is 0 Å². The van der Waals surface area contributed by atoms with Crippen LogP contribution in [-0.2, 0) is 14.3 Å². The number of rotatable bonds is 7. The molecule has 2 aliphatic heterocycles. The summed E-state index contributed by atoms with van der Waals surface area (Å²) in [5.74, 6) is -4.78. The van der Waals surface area contributed by atoms with E-state index in [9.17, 15) is 28.0 Å². The van der Waals surface area contributed by atoms with Crippen LogP contribution >= 0.6 is 0 Å². The summed E-state index contributed by atoms with van der Waals surface area (Å²) in [4.78, 5) is 49.8. The van der Waals surface area contributed by atoms with Crippen LogP contribution < -0.4 is 10.1 Å². The minimum Gasteiger partial charge on any atom is -0.490 e. The molecule has 1 aromatic carbocycles. The Morgan fingerprint density at radius 3 is 2.48 bits per heavy atom. The van der Waals surface area contributed by atoms with Crippen molar-refractivity contribution in [2.24, 2.45) is 0 Å². The van der Waals surface area contributed by atoms with Gasteiger partial charge in [-0.05, 0) is 24.6 Å². The van der Waals surface area contributed by atoms with E-state index < -0.39 is 42.2 Å². The Morgan fingerprint density at radius 2 is 1.81 bits per heavy atom. The fourth-order valence-corrected chi connectivity index (χ4v) is 3.81. The Hall–Kier alpha value is -2.88. The van der Waals surface area contributed by atoms with Gasteiger partial charge in [0.2, 0.25) is 11.8 Å². The number of hydrogen-bond acceptors (Lipinski definition) is 6. The number of alkyl halides is 2. The van der Waals surface area contributed by atoms with Crippen molar-refractivity contribution in [2.45, 2.75) is 63.2 Å². The molecular weight excluding hydrogens is 414 g/mol. The molecule has 3 aliphatic rings. The average Bonchev–Trinajstić information content (AvgIpc) is 2.94. The maximum atomic E-state index is 13.3. The monoisotopic (exact) mass is 436 g/mol. The van der Waals surface area contributed by atoms with Crippen molar-refractivity contribution in [1.29, 1.82) is 0 Å². The van der Waals surface area contributed by atoms with Crippen LogP contribution in [0.5, 0.6) is 5.75 Å². The molecule has 2 heterocycles. The summed E-state index contributed by atoms with van der Waals surface area (Å²) < 4.78 is 37.5.